The number of ether oxygens (including phenoxy) is 2. The van der Waals surface area contributed by atoms with Crippen LogP contribution in [0.4, 0.5) is 11.4 Å². The number of rotatable bonds is 10. The summed E-state index contributed by atoms with van der Waals surface area (Å²) in [4.78, 5) is 60.1. The van der Waals surface area contributed by atoms with Crippen LogP contribution in [0.5, 0.6) is 5.75 Å². The summed E-state index contributed by atoms with van der Waals surface area (Å²) in [5.41, 5.74) is 3.06. The highest BCUT2D eigenvalue weighted by Crippen LogP contribution is 2.23. The van der Waals surface area contributed by atoms with Crippen LogP contribution in [0.2, 0.25) is 0 Å². The van der Waals surface area contributed by atoms with E-state index in [2.05, 4.69) is 26.5 Å². The van der Waals surface area contributed by atoms with E-state index in [1.165, 1.54) is 36.4 Å². The van der Waals surface area contributed by atoms with Crippen LogP contribution in [0, 0.1) is 0 Å². The van der Waals surface area contributed by atoms with E-state index < -0.39 is 29.6 Å². The Labute approximate surface area is 228 Å². The van der Waals surface area contributed by atoms with Gasteiger partial charge in [0, 0.05) is 5.69 Å². The Balaban J connectivity index is 1.43. The number of carbonyl (C=O) groups is 5. The van der Waals surface area contributed by atoms with Gasteiger partial charge in [0.1, 0.15) is 17.3 Å². The van der Waals surface area contributed by atoms with Gasteiger partial charge in [0.05, 0.1) is 37.2 Å². The monoisotopic (exact) mass is 549 g/mol. The summed E-state index contributed by atoms with van der Waals surface area (Å²) in [6, 6.07) is 15.6. The van der Waals surface area contributed by atoms with Crippen LogP contribution in [-0.2, 0) is 30.5 Å². The molecule has 40 heavy (non-hydrogen) atoms. The Bertz CT molecular complexity index is 1400. The summed E-state index contributed by atoms with van der Waals surface area (Å²) in [5.74, 6) is -3.33. The van der Waals surface area contributed by atoms with Gasteiger partial charge in [-0.25, -0.2) is 10.2 Å². The molecule has 0 saturated carbocycles. The van der Waals surface area contributed by atoms with Crippen molar-refractivity contribution in [1.82, 2.24) is 10.7 Å². The largest absolute Gasteiger partial charge is 0.492 e. The maximum Gasteiger partial charge on any atom is 0.338 e. The van der Waals surface area contributed by atoms with Gasteiger partial charge in [-0.2, -0.15) is 5.10 Å². The molecule has 13 heteroatoms. The van der Waals surface area contributed by atoms with Crippen LogP contribution in [-0.4, -0.2) is 49.0 Å². The number of amides is 4. The van der Waals surface area contributed by atoms with E-state index in [1.807, 2.05) is 0 Å². The average Bonchev–Trinajstić information content (AvgIpc) is 3.41. The van der Waals surface area contributed by atoms with Crippen LogP contribution in [0.25, 0.3) is 0 Å². The summed E-state index contributed by atoms with van der Waals surface area (Å²) < 4.78 is 15.7. The maximum atomic E-state index is 12.1. The lowest BCUT2D eigenvalue weighted by molar-refractivity contribution is -0.136. The molecule has 0 saturated heterocycles. The third-order valence-electron chi connectivity index (χ3n) is 4.96. The number of hydrogen-bond acceptors (Lipinski definition) is 9. The normalized spacial score (nSPS) is 10.4. The van der Waals surface area contributed by atoms with E-state index in [1.54, 1.807) is 38.1 Å². The van der Waals surface area contributed by atoms with Crippen molar-refractivity contribution in [2.45, 2.75) is 20.4 Å². The lowest BCUT2D eigenvalue weighted by atomic mass is 10.2. The second kappa shape index (κ2) is 14.5. The number of benzene rings is 2. The molecule has 0 atom stereocenters. The summed E-state index contributed by atoms with van der Waals surface area (Å²) in [5, 5.41) is 11.0. The van der Waals surface area contributed by atoms with Crippen LogP contribution < -0.4 is 26.1 Å². The SMILES string of the molecule is CCOC(=O)c1ccc(NC(=O)C(=O)NCc2ccc(/C=N/NC(=O)C(=O)Nc3ccccc3OCC)o2)cc1. The van der Waals surface area contributed by atoms with Crippen molar-refractivity contribution in [2.24, 2.45) is 5.10 Å². The summed E-state index contributed by atoms with van der Waals surface area (Å²) >= 11 is 0. The number of carbonyl (C=O) groups excluding carboxylic acids is 5. The van der Waals surface area contributed by atoms with Crippen molar-refractivity contribution in [2.75, 3.05) is 23.8 Å². The van der Waals surface area contributed by atoms with Gasteiger partial charge in [-0.05, 0) is 62.4 Å². The molecule has 2 aromatic carbocycles. The Kier molecular flexibility index (Phi) is 10.5. The zero-order chi connectivity index (χ0) is 28.9. The van der Waals surface area contributed by atoms with Gasteiger partial charge in [-0.3, -0.25) is 19.2 Å². The second-order valence-electron chi connectivity index (χ2n) is 7.82. The molecule has 0 unspecified atom stereocenters. The van der Waals surface area contributed by atoms with E-state index >= 15 is 0 Å². The molecule has 0 aliphatic heterocycles. The zero-order valence-corrected chi connectivity index (χ0v) is 21.7. The predicted molar refractivity (Wildman–Crippen MR) is 144 cm³/mol. The minimum atomic E-state index is -1.01. The molecule has 0 spiro atoms. The van der Waals surface area contributed by atoms with E-state index in [0.29, 0.717) is 35.1 Å². The van der Waals surface area contributed by atoms with Crippen molar-refractivity contribution in [3.8, 4) is 5.75 Å². The fourth-order valence-corrected chi connectivity index (χ4v) is 3.13. The van der Waals surface area contributed by atoms with E-state index in [0.717, 1.165) is 6.21 Å². The van der Waals surface area contributed by atoms with Crippen LogP contribution in [0.1, 0.15) is 35.7 Å². The molecular formula is C27H27N5O8. The first-order valence-electron chi connectivity index (χ1n) is 12.1. The predicted octanol–water partition coefficient (Wildman–Crippen LogP) is 2.20. The highest BCUT2D eigenvalue weighted by atomic mass is 16.5. The van der Waals surface area contributed by atoms with Crippen molar-refractivity contribution < 1.29 is 37.9 Å². The Morgan fingerprint density at radius 3 is 2.27 bits per heavy atom. The number of hydrogen-bond donors (Lipinski definition) is 4. The van der Waals surface area contributed by atoms with Gasteiger partial charge < -0.3 is 29.8 Å². The number of para-hydroxylation sites is 2. The molecular weight excluding hydrogens is 522 g/mol. The van der Waals surface area contributed by atoms with Crippen molar-refractivity contribution in [1.29, 1.82) is 0 Å². The van der Waals surface area contributed by atoms with Gasteiger partial charge in [-0.1, -0.05) is 12.1 Å². The zero-order valence-electron chi connectivity index (χ0n) is 21.7. The van der Waals surface area contributed by atoms with Gasteiger partial charge in [0.15, 0.2) is 0 Å². The highest BCUT2D eigenvalue weighted by molar-refractivity contribution is 6.40. The molecule has 13 nitrogen and oxygen atoms in total. The molecule has 0 fully saturated rings. The molecule has 208 valence electrons. The molecule has 1 aromatic heterocycles. The van der Waals surface area contributed by atoms with Crippen LogP contribution in [0.3, 0.4) is 0 Å². The second-order valence-corrected chi connectivity index (χ2v) is 7.82. The van der Waals surface area contributed by atoms with E-state index in [4.69, 9.17) is 13.9 Å². The molecule has 0 bridgehead atoms. The van der Waals surface area contributed by atoms with Crippen molar-refractivity contribution >= 4 is 47.2 Å². The van der Waals surface area contributed by atoms with Gasteiger partial charge in [0.2, 0.25) is 0 Å². The van der Waals surface area contributed by atoms with Gasteiger partial charge >= 0.3 is 29.6 Å². The smallest absolute Gasteiger partial charge is 0.338 e. The Morgan fingerprint density at radius 1 is 0.825 bits per heavy atom. The molecule has 3 aromatic rings. The third kappa shape index (κ3) is 8.55. The lowest BCUT2D eigenvalue weighted by Crippen LogP contribution is -2.34. The minimum absolute atomic E-state index is 0.101. The highest BCUT2D eigenvalue weighted by Gasteiger charge is 2.16. The van der Waals surface area contributed by atoms with Gasteiger partial charge in [0.25, 0.3) is 0 Å². The summed E-state index contributed by atoms with van der Waals surface area (Å²) in [6.07, 6.45) is 1.16. The average molecular weight is 550 g/mol. The summed E-state index contributed by atoms with van der Waals surface area (Å²) in [6.45, 7) is 4.01. The van der Waals surface area contributed by atoms with Crippen molar-refractivity contribution in [3.63, 3.8) is 0 Å². The van der Waals surface area contributed by atoms with E-state index in [-0.39, 0.29) is 18.9 Å². The number of anilines is 2. The molecule has 4 amide bonds. The summed E-state index contributed by atoms with van der Waals surface area (Å²) in [7, 11) is 0. The van der Waals surface area contributed by atoms with Crippen molar-refractivity contribution in [3.05, 3.63) is 77.7 Å². The van der Waals surface area contributed by atoms with Crippen LogP contribution >= 0.6 is 0 Å². The minimum Gasteiger partial charge on any atom is -0.492 e. The first-order valence-corrected chi connectivity index (χ1v) is 12.1. The standard InChI is InChI=1S/C27H27N5O8/c1-3-38-22-8-6-5-7-21(22)31-25(35)26(36)32-29-16-20-14-13-19(40-20)15-28-23(33)24(34)30-18-11-9-17(10-12-18)27(37)39-4-2/h5-14,16H,3-4,15H2,1-2H3,(H,28,33)(H,30,34)(H,31,35)(H,32,36)/b29-16+. The van der Waals surface area contributed by atoms with Crippen LogP contribution in [0.15, 0.2) is 70.2 Å². The Morgan fingerprint density at radius 2 is 1.55 bits per heavy atom. The number of esters is 1. The fourth-order valence-electron chi connectivity index (χ4n) is 3.13. The van der Waals surface area contributed by atoms with E-state index in [9.17, 15) is 24.0 Å². The number of nitrogens with zero attached hydrogens (tertiary/aromatic N) is 1. The van der Waals surface area contributed by atoms with Gasteiger partial charge in [-0.15, -0.1) is 0 Å². The first-order chi connectivity index (χ1) is 19.3. The maximum absolute atomic E-state index is 12.1. The number of furan rings is 1. The molecule has 0 aliphatic carbocycles. The fraction of sp³-hybridized carbons (Fsp3) is 0.185. The molecule has 1 heterocycles. The molecule has 3 rings (SSSR count). The lowest BCUT2D eigenvalue weighted by Gasteiger charge is -2.10. The Hall–Kier alpha value is -5.46. The number of nitrogens with one attached hydrogen (secondary N) is 4. The molecule has 0 aliphatic rings. The molecule has 0 radical (unpaired) electrons. The quantitative estimate of drug-likeness (QED) is 0.129. The third-order valence-corrected chi connectivity index (χ3v) is 4.96. The first kappa shape index (κ1) is 29.1. The topological polar surface area (TPSA) is 177 Å². The molecule has 4 N–H and O–H groups in total. The number of hydrazone groups is 1.